The van der Waals surface area contributed by atoms with E-state index in [-0.39, 0.29) is 77.1 Å². The van der Waals surface area contributed by atoms with Gasteiger partial charge in [-0.05, 0) is 194 Å². The Bertz CT molecular complexity index is 5430. The molecule has 686 valence electrons. The molecule has 0 aliphatic carbocycles. The number of ether oxygens (including phenoxy) is 8. The van der Waals surface area contributed by atoms with E-state index in [1.807, 2.05) is 74.6 Å². The number of hydrogen-bond donors (Lipinski definition) is 2. The number of aromatic nitrogens is 12. The summed E-state index contributed by atoms with van der Waals surface area (Å²) >= 11 is 0. The second kappa shape index (κ2) is 44.4. The molecule has 12 rings (SSSR count). The predicted molar refractivity (Wildman–Crippen MR) is 479 cm³/mol. The highest BCUT2D eigenvalue weighted by atomic mass is 35.7. The minimum absolute atomic E-state index is 0.0534. The van der Waals surface area contributed by atoms with Crippen LogP contribution in [0, 0.1) is 35.2 Å². The van der Waals surface area contributed by atoms with Crippen molar-refractivity contribution in [3.8, 4) is 86.3 Å². The van der Waals surface area contributed by atoms with Gasteiger partial charge in [0.15, 0.2) is 0 Å². The lowest BCUT2D eigenvalue weighted by atomic mass is 9.95. The summed E-state index contributed by atoms with van der Waals surface area (Å²) in [6.45, 7) is 32.6. The standard InChI is InChI=1S/C30H45FN6O5SSi.C24H31FN6O4S.C23H30ClFN4O5SSi.C7H16N2/c1-21(2)25-16-24(31)17-26(23-9-11-32-27(15-23)40-5)28(25)42-30-33-29(34-37(30)20-41-13-14-44(6,7)8)43(38,39)36-12-10-22(19-36)18-35(3)4;1-15(2)19-11-18(25)12-20(17-6-8-26-21(10-17)34-5)22(19)35-23-27-24(29-28-23)36(32,33)31-9-7-16(14-31)13-30(3)4;1-15(2)18-12-17(25)13-19(16-7-8-26-20(11-16)32-3)21(18)34-23-27-22(35(24,30)31)28-29(23)14-33-9-10-36(4,5)6;1-9(2)6-7-3-4-8-5-7/h9,11,15-17,21-22H,10,12-14,18-20H2,1-8H3;6,8,10-12,15-16H,7,9,13-14H2,1-5H3,(H,27,28,29);7-8,11-13,15H,9-10,14H2,1-6H3;7-8H,3-6H2,1-2H3. The van der Waals surface area contributed by atoms with Gasteiger partial charge >= 0.3 is 18.0 Å². The Morgan fingerprint density at radius 3 is 1.24 bits per heavy atom. The average Bonchev–Trinajstić information content (AvgIpc) is 1.74. The van der Waals surface area contributed by atoms with E-state index in [1.54, 1.807) is 48.8 Å². The number of benzene rings is 3. The lowest BCUT2D eigenvalue weighted by Gasteiger charge is -2.19. The summed E-state index contributed by atoms with van der Waals surface area (Å²) in [5.74, 6) is 1.67. The summed E-state index contributed by atoms with van der Waals surface area (Å²) in [6, 6.07) is 19.8. The zero-order valence-electron chi connectivity index (χ0n) is 75.5. The van der Waals surface area contributed by atoms with Gasteiger partial charge < -0.3 is 57.9 Å². The molecule has 0 amide bonds. The van der Waals surface area contributed by atoms with Crippen molar-refractivity contribution in [3.05, 3.63) is 126 Å². The molecular weight excluding hydrogens is 1730 g/mol. The summed E-state index contributed by atoms with van der Waals surface area (Å²) in [5.41, 5.74) is 4.82. The molecule has 41 heteroatoms. The van der Waals surface area contributed by atoms with Gasteiger partial charge in [0.2, 0.25) is 17.6 Å². The van der Waals surface area contributed by atoms with E-state index in [0.717, 1.165) is 43.9 Å². The van der Waals surface area contributed by atoms with Gasteiger partial charge in [-0.1, -0.05) is 80.8 Å². The molecule has 0 saturated carbocycles. The number of rotatable bonds is 36. The molecule has 3 atom stereocenters. The third kappa shape index (κ3) is 28.7. The first kappa shape index (κ1) is 100. The Hall–Kier alpha value is -8.63. The molecular formula is C84H122ClF3N18O14S3Si2. The summed E-state index contributed by atoms with van der Waals surface area (Å²) in [5, 5.41) is 17.0. The molecule has 0 bridgehead atoms. The highest BCUT2D eigenvalue weighted by Gasteiger charge is 2.39. The Morgan fingerprint density at radius 2 is 0.880 bits per heavy atom. The second-order valence-electron chi connectivity index (χ2n) is 35.2. The van der Waals surface area contributed by atoms with Gasteiger partial charge in [0.25, 0.3) is 44.6 Å². The fourth-order valence-corrected chi connectivity index (χ4v) is 18.9. The van der Waals surface area contributed by atoms with Crippen molar-refractivity contribution >= 4 is 55.9 Å². The highest BCUT2D eigenvalue weighted by molar-refractivity contribution is 8.13. The van der Waals surface area contributed by atoms with Gasteiger partial charge in [-0.2, -0.15) is 32.9 Å². The molecule has 0 radical (unpaired) electrons. The summed E-state index contributed by atoms with van der Waals surface area (Å²) in [4.78, 5) is 31.3. The molecule has 9 heterocycles. The van der Waals surface area contributed by atoms with Gasteiger partial charge in [0, 0.05) is 156 Å². The zero-order chi connectivity index (χ0) is 91.6. The number of aromatic amines is 1. The molecule has 6 aromatic heterocycles. The Balaban J connectivity index is 0.000000203. The van der Waals surface area contributed by atoms with E-state index in [0.29, 0.717) is 119 Å². The Labute approximate surface area is 740 Å². The smallest absolute Gasteiger partial charge is 0.342 e. The van der Waals surface area contributed by atoms with Crippen LogP contribution in [0.15, 0.2) is 107 Å². The van der Waals surface area contributed by atoms with Crippen molar-refractivity contribution in [2.45, 2.75) is 159 Å². The van der Waals surface area contributed by atoms with Crippen molar-refractivity contribution in [2.75, 3.05) is 136 Å². The molecule has 0 spiro atoms. The van der Waals surface area contributed by atoms with Crippen LogP contribution in [0.3, 0.4) is 0 Å². The highest BCUT2D eigenvalue weighted by Crippen LogP contribution is 2.45. The number of sulfonamides is 2. The summed E-state index contributed by atoms with van der Waals surface area (Å²) < 4.78 is 173. The lowest BCUT2D eigenvalue weighted by Crippen LogP contribution is -2.31. The van der Waals surface area contributed by atoms with Crippen molar-refractivity contribution in [2.24, 2.45) is 17.8 Å². The molecule has 3 fully saturated rings. The van der Waals surface area contributed by atoms with E-state index in [9.17, 15) is 38.4 Å². The normalized spacial score (nSPS) is 16.1. The summed E-state index contributed by atoms with van der Waals surface area (Å²) in [7, 11) is 7.33. The quantitative estimate of drug-likeness (QED) is 0.0209. The van der Waals surface area contributed by atoms with Crippen LogP contribution in [0.25, 0.3) is 33.4 Å². The Kier molecular flexibility index (Phi) is 35.6. The molecule has 3 aliphatic heterocycles. The molecule has 3 unspecified atom stereocenters. The van der Waals surface area contributed by atoms with Crippen LogP contribution in [-0.4, -0.2) is 260 Å². The zero-order valence-corrected chi connectivity index (χ0v) is 80.7. The minimum atomic E-state index is -4.24. The predicted octanol–water partition coefficient (Wildman–Crippen LogP) is 14.6. The number of nitrogens with zero attached hydrogens (tertiary/aromatic N) is 16. The number of nitrogens with one attached hydrogen (secondary N) is 2. The van der Waals surface area contributed by atoms with Gasteiger partial charge in [-0.3, -0.25) is 0 Å². The molecule has 32 nitrogen and oxygen atoms in total. The topological polar surface area (TPSA) is 346 Å². The first-order chi connectivity index (χ1) is 58.8. The number of pyridine rings is 3. The maximum atomic E-state index is 15.0. The van der Waals surface area contributed by atoms with E-state index in [4.69, 9.17) is 48.6 Å². The third-order valence-corrected chi connectivity index (χ3v) is 28.2. The first-order valence-electron chi connectivity index (χ1n) is 41.5. The molecule has 3 aromatic carbocycles. The van der Waals surface area contributed by atoms with Gasteiger partial charge in [0.05, 0.1) is 21.3 Å². The van der Waals surface area contributed by atoms with Crippen molar-refractivity contribution in [1.29, 1.82) is 0 Å². The van der Waals surface area contributed by atoms with Crippen LogP contribution < -0.4 is 33.7 Å². The molecule has 9 aromatic rings. The van der Waals surface area contributed by atoms with Crippen LogP contribution in [0.2, 0.25) is 51.4 Å². The van der Waals surface area contributed by atoms with E-state index in [2.05, 4.69) is 119 Å². The number of hydrogen-bond acceptors (Lipinski definition) is 27. The van der Waals surface area contributed by atoms with Gasteiger partial charge in [0.1, 0.15) is 48.2 Å². The van der Waals surface area contributed by atoms with Crippen LogP contribution in [-0.2, 0) is 52.0 Å². The van der Waals surface area contributed by atoms with E-state index >= 15 is 0 Å². The van der Waals surface area contributed by atoms with Crippen LogP contribution >= 0.6 is 10.7 Å². The minimum Gasteiger partial charge on any atom is -0.481 e. The summed E-state index contributed by atoms with van der Waals surface area (Å²) in [6.07, 6.45) is 7.55. The fourth-order valence-electron chi connectivity index (χ4n) is 14.0. The maximum absolute atomic E-state index is 15.0. The molecule has 3 aliphatic rings. The molecule has 125 heavy (non-hydrogen) atoms. The van der Waals surface area contributed by atoms with Crippen LogP contribution in [0.5, 0.6) is 52.9 Å². The van der Waals surface area contributed by atoms with Crippen LogP contribution in [0.1, 0.15) is 95.2 Å². The number of methoxy groups -OCH3 is 3. The Morgan fingerprint density at radius 1 is 0.504 bits per heavy atom. The largest absolute Gasteiger partial charge is 0.481 e. The monoisotopic (exact) mass is 1850 g/mol. The molecule has 3 saturated heterocycles. The van der Waals surface area contributed by atoms with Crippen molar-refractivity contribution < 1.29 is 76.3 Å². The second-order valence-corrected chi connectivity index (χ2v) is 52.6. The average molecular weight is 1850 g/mol. The van der Waals surface area contributed by atoms with Gasteiger partial charge in [-0.25, -0.2) is 58.5 Å². The third-order valence-electron chi connectivity index (χ3n) is 20.5. The first-order valence-corrected chi connectivity index (χ1v) is 54.1. The fraction of sp³-hybridized carbons (Fsp3) is 0.536. The van der Waals surface area contributed by atoms with Crippen molar-refractivity contribution in [3.63, 3.8) is 0 Å². The SMILES string of the molecule is CN(C)CC1CCNC1.COc1cc(-c2cc(F)cc(C(C)C)c2Oc2n[nH]c(S(=O)(=O)N3CCC(CN(C)C)C3)n2)ccn1.COc1cc(-c2cc(F)cc(C(C)C)c2Oc2nc(S(=O)(=O)Cl)nn2COCC[Si](C)(C)C)ccn1.COc1cc(-c2cc(F)cc(C(C)C)c2Oc2nc(S(=O)(=O)N3CCC(CN(C)C)C3)nn2COCC[Si](C)(C)C)ccn1. The van der Waals surface area contributed by atoms with E-state index < -0.39 is 67.9 Å². The molecule has 2 N–H and O–H groups in total. The van der Waals surface area contributed by atoms with Gasteiger partial charge in [-0.15, -0.1) is 15.3 Å². The van der Waals surface area contributed by atoms with Crippen LogP contribution in [0.4, 0.5) is 13.2 Å². The number of halogens is 4. The van der Waals surface area contributed by atoms with Crippen molar-refractivity contribution in [1.82, 2.24) is 88.3 Å². The number of H-pyrrole nitrogens is 1. The van der Waals surface area contributed by atoms with E-state index in [1.165, 1.54) is 108 Å². The maximum Gasteiger partial charge on any atom is 0.342 e. The lowest BCUT2D eigenvalue weighted by molar-refractivity contribution is 0.0722.